The van der Waals surface area contributed by atoms with Crippen molar-refractivity contribution >= 4 is 37.3 Å². The fourth-order valence-corrected chi connectivity index (χ4v) is 5.32. The maximum absolute atomic E-state index is 12.4. The van der Waals surface area contributed by atoms with E-state index in [1.807, 2.05) is 44.2 Å². The van der Waals surface area contributed by atoms with Crippen LogP contribution in [0.1, 0.15) is 25.5 Å². The molecule has 2 rings (SSSR count). The van der Waals surface area contributed by atoms with Crippen LogP contribution in [0.2, 0.25) is 0 Å². The molecule has 0 radical (unpaired) electrons. The van der Waals surface area contributed by atoms with Crippen LogP contribution in [0.15, 0.2) is 50.5 Å². The molecule has 1 aromatic heterocycles. The fourth-order valence-electron chi connectivity index (χ4n) is 1.92. The third kappa shape index (κ3) is 3.69. The van der Waals surface area contributed by atoms with Crippen molar-refractivity contribution in [3.63, 3.8) is 0 Å². The van der Waals surface area contributed by atoms with Crippen molar-refractivity contribution < 1.29 is 8.42 Å². The van der Waals surface area contributed by atoms with Gasteiger partial charge in [0.25, 0.3) is 10.0 Å². The minimum atomic E-state index is -3.49. The summed E-state index contributed by atoms with van der Waals surface area (Å²) in [6, 6.07) is 12.8. The molecule has 0 spiro atoms. The highest BCUT2D eigenvalue weighted by Crippen LogP contribution is 2.29. The molecule has 3 nitrogen and oxygen atoms in total. The number of hydrogen-bond acceptors (Lipinski definition) is 3. The van der Waals surface area contributed by atoms with Crippen LogP contribution < -0.4 is 4.72 Å². The van der Waals surface area contributed by atoms with Gasteiger partial charge in [-0.25, -0.2) is 13.1 Å². The van der Waals surface area contributed by atoms with E-state index in [1.54, 1.807) is 12.1 Å². The van der Waals surface area contributed by atoms with E-state index in [2.05, 4.69) is 20.7 Å². The average molecular weight is 374 g/mol. The first-order chi connectivity index (χ1) is 9.40. The largest absolute Gasteiger partial charge is 0.250 e. The predicted molar refractivity (Wildman–Crippen MR) is 86.4 cm³/mol. The van der Waals surface area contributed by atoms with Gasteiger partial charge in [0, 0.05) is 6.04 Å². The van der Waals surface area contributed by atoms with Gasteiger partial charge >= 0.3 is 0 Å². The summed E-state index contributed by atoms with van der Waals surface area (Å²) >= 11 is 4.50. The molecule has 0 amide bonds. The SMILES string of the molecule is CC(C)C(NS(=O)(=O)c1ccc(Br)s1)c1ccccc1. The summed E-state index contributed by atoms with van der Waals surface area (Å²) in [6.07, 6.45) is 0. The van der Waals surface area contributed by atoms with Gasteiger partial charge in [-0.15, -0.1) is 11.3 Å². The molecule has 0 bridgehead atoms. The molecule has 0 saturated carbocycles. The lowest BCUT2D eigenvalue weighted by Crippen LogP contribution is -2.31. The molecular formula is C14H16BrNO2S2. The number of sulfonamides is 1. The van der Waals surface area contributed by atoms with Crippen LogP contribution >= 0.6 is 27.3 Å². The normalized spacial score (nSPS) is 13.6. The molecule has 20 heavy (non-hydrogen) atoms. The fraction of sp³-hybridized carbons (Fsp3) is 0.286. The summed E-state index contributed by atoms with van der Waals surface area (Å²) in [4.78, 5) is 0. The van der Waals surface area contributed by atoms with Crippen LogP contribution in [0.5, 0.6) is 0 Å². The third-order valence-electron chi connectivity index (χ3n) is 2.92. The molecule has 1 atom stereocenters. The van der Waals surface area contributed by atoms with Gasteiger partial charge < -0.3 is 0 Å². The van der Waals surface area contributed by atoms with Gasteiger partial charge in [-0.2, -0.15) is 0 Å². The zero-order valence-electron chi connectivity index (χ0n) is 11.2. The molecule has 1 unspecified atom stereocenters. The predicted octanol–water partition coefficient (Wildman–Crippen LogP) is 4.19. The van der Waals surface area contributed by atoms with E-state index in [1.165, 1.54) is 11.3 Å². The van der Waals surface area contributed by atoms with E-state index >= 15 is 0 Å². The van der Waals surface area contributed by atoms with E-state index in [4.69, 9.17) is 0 Å². The van der Waals surface area contributed by atoms with Crippen LogP contribution in [0.4, 0.5) is 0 Å². The Morgan fingerprint density at radius 2 is 1.75 bits per heavy atom. The molecule has 0 aliphatic rings. The second-order valence-corrected chi connectivity index (χ2v) is 9.22. The molecule has 108 valence electrons. The number of hydrogen-bond donors (Lipinski definition) is 1. The molecule has 0 fully saturated rings. The summed E-state index contributed by atoms with van der Waals surface area (Å²) in [5.74, 6) is 0.163. The van der Waals surface area contributed by atoms with Crippen LogP contribution in [-0.4, -0.2) is 8.42 Å². The van der Waals surface area contributed by atoms with Crippen molar-refractivity contribution in [2.75, 3.05) is 0 Å². The first kappa shape index (κ1) is 15.7. The molecule has 6 heteroatoms. The first-order valence-electron chi connectivity index (χ1n) is 6.23. The van der Waals surface area contributed by atoms with Crippen molar-refractivity contribution in [2.24, 2.45) is 5.92 Å². The molecule has 0 aliphatic carbocycles. The quantitative estimate of drug-likeness (QED) is 0.853. The highest BCUT2D eigenvalue weighted by Gasteiger charge is 2.24. The zero-order valence-corrected chi connectivity index (χ0v) is 14.4. The van der Waals surface area contributed by atoms with E-state index < -0.39 is 10.0 Å². The van der Waals surface area contributed by atoms with Crippen LogP contribution in [-0.2, 0) is 10.0 Å². The highest BCUT2D eigenvalue weighted by molar-refractivity contribution is 9.11. The number of nitrogens with one attached hydrogen (secondary N) is 1. The van der Waals surface area contributed by atoms with Gasteiger partial charge in [0.15, 0.2) is 0 Å². The van der Waals surface area contributed by atoms with E-state index in [9.17, 15) is 8.42 Å². The zero-order chi connectivity index (χ0) is 14.8. The van der Waals surface area contributed by atoms with Gasteiger partial charge in [-0.1, -0.05) is 44.2 Å². The maximum Gasteiger partial charge on any atom is 0.250 e. The van der Waals surface area contributed by atoms with Crippen LogP contribution in [0.3, 0.4) is 0 Å². The Kier molecular flexibility index (Phi) is 5.01. The molecule has 2 aromatic rings. The first-order valence-corrected chi connectivity index (χ1v) is 9.32. The van der Waals surface area contributed by atoms with Crippen molar-refractivity contribution in [1.82, 2.24) is 4.72 Å². The van der Waals surface area contributed by atoms with Crippen molar-refractivity contribution in [2.45, 2.75) is 24.1 Å². The molecule has 1 heterocycles. The van der Waals surface area contributed by atoms with Gasteiger partial charge in [0.1, 0.15) is 4.21 Å². The van der Waals surface area contributed by atoms with Crippen molar-refractivity contribution in [3.05, 3.63) is 51.8 Å². The molecule has 0 aliphatic heterocycles. The summed E-state index contributed by atoms with van der Waals surface area (Å²) < 4.78 is 28.8. The number of halogens is 1. The Morgan fingerprint density at radius 1 is 1.10 bits per heavy atom. The van der Waals surface area contributed by atoms with Crippen molar-refractivity contribution in [1.29, 1.82) is 0 Å². The smallest absolute Gasteiger partial charge is 0.206 e. The number of rotatable bonds is 5. The summed E-state index contributed by atoms with van der Waals surface area (Å²) in [5, 5.41) is 0. The average Bonchev–Trinajstić information content (AvgIpc) is 2.84. The lowest BCUT2D eigenvalue weighted by molar-refractivity contribution is 0.463. The Bertz CT molecular complexity index is 665. The maximum atomic E-state index is 12.4. The molecule has 1 N–H and O–H groups in total. The second kappa shape index (κ2) is 6.39. The Labute approximate surface area is 132 Å². The van der Waals surface area contributed by atoms with Crippen LogP contribution in [0.25, 0.3) is 0 Å². The Balaban J connectivity index is 2.29. The minimum Gasteiger partial charge on any atom is -0.206 e. The van der Waals surface area contributed by atoms with E-state index in [0.29, 0.717) is 4.21 Å². The molecular weight excluding hydrogens is 358 g/mol. The Morgan fingerprint density at radius 3 is 2.25 bits per heavy atom. The molecule has 1 aromatic carbocycles. The number of benzene rings is 1. The highest BCUT2D eigenvalue weighted by atomic mass is 79.9. The summed E-state index contributed by atoms with van der Waals surface area (Å²) in [6.45, 7) is 4.01. The van der Waals surface area contributed by atoms with Gasteiger partial charge in [0.2, 0.25) is 0 Å². The minimum absolute atomic E-state index is 0.163. The Hall–Kier alpha value is -0.690. The lowest BCUT2D eigenvalue weighted by atomic mass is 9.97. The van der Waals surface area contributed by atoms with Gasteiger partial charge in [0.05, 0.1) is 3.79 Å². The van der Waals surface area contributed by atoms with Crippen molar-refractivity contribution in [3.8, 4) is 0 Å². The number of thiophene rings is 1. The monoisotopic (exact) mass is 373 g/mol. The lowest BCUT2D eigenvalue weighted by Gasteiger charge is -2.22. The van der Waals surface area contributed by atoms with E-state index in [-0.39, 0.29) is 12.0 Å². The van der Waals surface area contributed by atoms with Gasteiger partial charge in [-0.05, 0) is 39.5 Å². The summed E-state index contributed by atoms with van der Waals surface area (Å²) in [5.41, 5.74) is 0.974. The van der Waals surface area contributed by atoms with E-state index in [0.717, 1.165) is 9.35 Å². The summed E-state index contributed by atoms with van der Waals surface area (Å²) in [7, 11) is -3.49. The van der Waals surface area contributed by atoms with Crippen LogP contribution in [0, 0.1) is 5.92 Å². The second-order valence-electron chi connectivity index (χ2n) is 4.81. The topological polar surface area (TPSA) is 46.2 Å². The third-order valence-corrected chi connectivity index (χ3v) is 6.48. The van der Waals surface area contributed by atoms with Gasteiger partial charge in [-0.3, -0.25) is 0 Å². The molecule has 0 saturated heterocycles. The standard InChI is InChI=1S/C14H16BrNO2S2/c1-10(2)14(11-6-4-3-5-7-11)16-20(17,18)13-9-8-12(15)19-13/h3-10,14,16H,1-2H3.